The second-order valence-electron chi connectivity index (χ2n) is 12.9. The third-order valence-corrected chi connectivity index (χ3v) is 11.1. The number of nitrogens with one attached hydrogen (secondary N) is 1. The van der Waals surface area contributed by atoms with Gasteiger partial charge in [0.1, 0.15) is 11.8 Å². The number of aliphatic hydroxyl groups excluding tert-OH is 1. The first-order valence-electron chi connectivity index (χ1n) is 16.1. The molecule has 1 aromatic heterocycles. The minimum atomic E-state index is -4.03. The Balaban J connectivity index is 1.56. The highest BCUT2D eigenvalue weighted by Crippen LogP contribution is 2.27. The molecular weight excluding hydrogens is 671 g/mol. The van der Waals surface area contributed by atoms with Crippen molar-refractivity contribution in [3.8, 4) is 5.75 Å². The van der Waals surface area contributed by atoms with Crippen LogP contribution in [0.2, 0.25) is 0 Å². The van der Waals surface area contributed by atoms with Crippen LogP contribution in [0, 0.1) is 22.0 Å². The number of benzene rings is 2. The van der Waals surface area contributed by atoms with Gasteiger partial charge in [0.05, 0.1) is 29.1 Å². The largest absolute Gasteiger partial charge is 0.497 e. The molecule has 3 atom stereocenters. The highest BCUT2D eigenvalue weighted by atomic mass is 32.2. The van der Waals surface area contributed by atoms with Gasteiger partial charge in [-0.25, -0.2) is 13.2 Å². The molecule has 4 rings (SSSR count). The second-order valence-corrected chi connectivity index (χ2v) is 15.7. The number of urea groups is 1. The van der Waals surface area contributed by atoms with E-state index in [9.17, 15) is 33.2 Å². The predicted molar refractivity (Wildman–Crippen MR) is 187 cm³/mol. The molecule has 0 saturated carbocycles. The highest BCUT2D eigenvalue weighted by Gasteiger charge is 2.40. The van der Waals surface area contributed by atoms with E-state index in [4.69, 9.17) is 4.74 Å². The molecule has 0 radical (unpaired) electrons. The fourth-order valence-electron chi connectivity index (χ4n) is 5.90. The van der Waals surface area contributed by atoms with Crippen molar-refractivity contribution in [3.05, 3.63) is 87.3 Å². The van der Waals surface area contributed by atoms with Crippen molar-refractivity contribution in [1.82, 2.24) is 19.4 Å². The van der Waals surface area contributed by atoms with Crippen LogP contribution in [-0.2, 0) is 27.8 Å². The Morgan fingerprint density at radius 2 is 1.73 bits per heavy atom. The van der Waals surface area contributed by atoms with E-state index in [1.807, 2.05) is 58.0 Å². The fourth-order valence-corrected chi connectivity index (χ4v) is 8.24. The Morgan fingerprint density at radius 3 is 2.31 bits per heavy atom. The molecule has 1 fully saturated rings. The smallest absolute Gasteiger partial charge is 0.324 e. The molecule has 1 aliphatic rings. The topological polar surface area (TPSA) is 163 Å². The van der Waals surface area contributed by atoms with Crippen molar-refractivity contribution in [3.63, 3.8) is 0 Å². The van der Waals surface area contributed by atoms with Gasteiger partial charge in [-0.05, 0) is 53.6 Å². The fraction of sp³-hybridized carbons (Fsp3) is 0.471. The van der Waals surface area contributed by atoms with Crippen LogP contribution in [-0.4, -0.2) is 96.0 Å². The van der Waals surface area contributed by atoms with Gasteiger partial charge in [0, 0.05) is 44.2 Å². The standard InChI is InChI=1S/C34H45N5O8S2/c1-23(2)19-37(49(45,46)28-13-11-27(47-5)12-14-28)21-30(40)29(17-25-9-7-6-8-10-25)35-33(41)32(24(3)4)38-16-15-36(34(38)42)20-26-18-31(39(43)44)48-22-26/h6-14,18,22-24,29-30,32,40H,15-17,19-21H2,1-5H3,(H,35,41)/t29-,30-,32-/m0/s1. The van der Waals surface area contributed by atoms with Gasteiger partial charge >= 0.3 is 11.0 Å². The highest BCUT2D eigenvalue weighted by molar-refractivity contribution is 7.89. The molecule has 1 aliphatic heterocycles. The summed E-state index contributed by atoms with van der Waals surface area (Å²) in [6, 6.07) is 14.6. The van der Waals surface area contributed by atoms with Gasteiger partial charge < -0.3 is 25.0 Å². The van der Waals surface area contributed by atoms with Crippen LogP contribution < -0.4 is 10.1 Å². The number of ether oxygens (including phenoxy) is 1. The maximum absolute atomic E-state index is 14.1. The lowest BCUT2D eigenvalue weighted by Gasteiger charge is -2.34. The van der Waals surface area contributed by atoms with Crippen LogP contribution >= 0.6 is 11.3 Å². The molecule has 266 valence electrons. The first kappa shape index (κ1) is 37.8. The molecule has 2 N–H and O–H groups in total. The summed E-state index contributed by atoms with van der Waals surface area (Å²) in [6.07, 6.45) is -1.09. The molecule has 1 saturated heterocycles. The summed E-state index contributed by atoms with van der Waals surface area (Å²) in [6.45, 7) is 8.07. The average molecular weight is 716 g/mol. The normalized spacial score (nSPS) is 15.6. The van der Waals surface area contributed by atoms with E-state index in [1.165, 1.54) is 34.5 Å². The molecule has 15 heteroatoms. The number of aliphatic hydroxyl groups is 1. The zero-order valence-electron chi connectivity index (χ0n) is 28.4. The SMILES string of the molecule is COc1ccc(S(=O)(=O)N(CC(C)C)C[C@H](O)[C@H](Cc2ccccc2)NC(=O)[C@H](C(C)C)N2CCN(Cc3csc([N+](=O)[O-])c3)C2=O)cc1. The molecule has 2 heterocycles. The second kappa shape index (κ2) is 16.6. The van der Waals surface area contributed by atoms with E-state index in [-0.39, 0.29) is 60.4 Å². The van der Waals surface area contributed by atoms with E-state index < -0.39 is 39.0 Å². The van der Waals surface area contributed by atoms with Gasteiger partial charge in [-0.1, -0.05) is 69.4 Å². The molecule has 3 aromatic rings. The quantitative estimate of drug-likeness (QED) is 0.154. The Bertz CT molecular complexity index is 1680. The van der Waals surface area contributed by atoms with Gasteiger partial charge in [0.25, 0.3) is 0 Å². The van der Waals surface area contributed by atoms with Crippen molar-refractivity contribution >= 4 is 38.3 Å². The van der Waals surface area contributed by atoms with Gasteiger partial charge in [-0.3, -0.25) is 14.9 Å². The zero-order chi connectivity index (χ0) is 35.9. The molecule has 3 amide bonds. The number of hydrogen-bond donors (Lipinski definition) is 2. The number of rotatable bonds is 17. The molecule has 2 aromatic carbocycles. The van der Waals surface area contributed by atoms with Crippen LogP contribution in [0.3, 0.4) is 0 Å². The Kier molecular flexibility index (Phi) is 12.8. The third kappa shape index (κ3) is 9.56. The third-order valence-electron chi connectivity index (χ3n) is 8.30. The summed E-state index contributed by atoms with van der Waals surface area (Å²) in [5.41, 5.74) is 1.47. The maximum atomic E-state index is 14.1. The van der Waals surface area contributed by atoms with Crippen molar-refractivity contribution < 1.29 is 32.8 Å². The average Bonchev–Trinajstić information content (AvgIpc) is 3.67. The summed E-state index contributed by atoms with van der Waals surface area (Å²) in [5.74, 6) is -0.315. The van der Waals surface area contributed by atoms with E-state index in [0.29, 0.717) is 17.9 Å². The Morgan fingerprint density at radius 1 is 1.06 bits per heavy atom. The first-order valence-corrected chi connectivity index (χ1v) is 18.5. The van der Waals surface area contributed by atoms with Crippen LogP contribution in [0.4, 0.5) is 9.80 Å². The van der Waals surface area contributed by atoms with Crippen molar-refractivity contribution in [2.75, 3.05) is 33.3 Å². The molecule has 0 bridgehead atoms. The lowest BCUT2D eigenvalue weighted by atomic mass is 9.97. The van der Waals surface area contributed by atoms with Crippen molar-refractivity contribution in [2.24, 2.45) is 11.8 Å². The minimum absolute atomic E-state index is 0.00953. The van der Waals surface area contributed by atoms with Crippen LogP contribution in [0.5, 0.6) is 5.75 Å². The van der Waals surface area contributed by atoms with Gasteiger partial charge in [0.2, 0.25) is 15.9 Å². The maximum Gasteiger partial charge on any atom is 0.324 e. The number of hydrogen-bond acceptors (Lipinski definition) is 9. The minimum Gasteiger partial charge on any atom is -0.497 e. The Hall–Kier alpha value is -4.05. The summed E-state index contributed by atoms with van der Waals surface area (Å²) in [5, 5.41) is 27.4. The number of nitrogens with zero attached hydrogens (tertiary/aromatic N) is 4. The number of carbonyl (C=O) groups is 2. The number of carbonyl (C=O) groups excluding carboxylic acids is 2. The monoisotopic (exact) mass is 715 g/mol. The lowest BCUT2D eigenvalue weighted by Crippen LogP contribution is -2.57. The van der Waals surface area contributed by atoms with Gasteiger partial charge in [-0.15, -0.1) is 0 Å². The van der Waals surface area contributed by atoms with Crippen molar-refractivity contribution in [1.29, 1.82) is 0 Å². The Labute approximate surface area is 291 Å². The molecular formula is C34H45N5O8S2. The van der Waals surface area contributed by atoms with Crippen molar-refractivity contribution in [2.45, 2.75) is 63.7 Å². The predicted octanol–water partition coefficient (Wildman–Crippen LogP) is 4.36. The molecule has 0 unspecified atom stereocenters. The van der Waals surface area contributed by atoms with E-state index in [1.54, 1.807) is 22.4 Å². The number of methoxy groups -OCH3 is 1. The number of nitro groups is 1. The summed E-state index contributed by atoms with van der Waals surface area (Å²) < 4.78 is 34.1. The summed E-state index contributed by atoms with van der Waals surface area (Å²) in [7, 11) is -2.53. The zero-order valence-corrected chi connectivity index (χ0v) is 30.0. The molecule has 0 spiro atoms. The lowest BCUT2D eigenvalue weighted by molar-refractivity contribution is -0.380. The molecule has 49 heavy (non-hydrogen) atoms. The van der Waals surface area contributed by atoms with Crippen LogP contribution in [0.15, 0.2) is 70.9 Å². The van der Waals surface area contributed by atoms with Crippen LogP contribution in [0.1, 0.15) is 38.8 Å². The van der Waals surface area contributed by atoms with E-state index >= 15 is 0 Å². The summed E-state index contributed by atoms with van der Waals surface area (Å²) >= 11 is 0.993. The number of sulfonamides is 1. The number of amides is 3. The first-order chi connectivity index (χ1) is 23.2. The summed E-state index contributed by atoms with van der Waals surface area (Å²) in [4.78, 5) is 41.4. The van der Waals surface area contributed by atoms with Gasteiger partial charge in [-0.2, -0.15) is 4.31 Å². The van der Waals surface area contributed by atoms with E-state index in [2.05, 4.69) is 5.32 Å². The van der Waals surface area contributed by atoms with E-state index in [0.717, 1.165) is 16.9 Å². The van der Waals surface area contributed by atoms with Gasteiger partial charge in [0.15, 0.2) is 0 Å². The molecule has 0 aliphatic carbocycles. The van der Waals surface area contributed by atoms with Crippen LogP contribution in [0.25, 0.3) is 0 Å². The number of thiophene rings is 1. The molecule has 13 nitrogen and oxygen atoms in total.